The Kier molecular flexibility index (Phi) is 5.20. The van der Waals surface area contributed by atoms with Gasteiger partial charge in [0.25, 0.3) is 0 Å². The van der Waals surface area contributed by atoms with Gasteiger partial charge in [0, 0.05) is 19.1 Å². The Balaban J connectivity index is 2.40. The molecule has 112 valence electrons. The number of nitrogens with one attached hydrogen (secondary N) is 1. The molecule has 6 heteroatoms. The summed E-state index contributed by atoms with van der Waals surface area (Å²) in [5, 5.41) is 4.66. The van der Waals surface area contributed by atoms with Crippen LogP contribution < -0.4 is 10.2 Å². The number of hydrogen-bond donors (Lipinski definition) is 1. The minimum atomic E-state index is 0.0228. The van der Waals surface area contributed by atoms with Gasteiger partial charge in [-0.15, -0.1) is 0 Å². The molecule has 0 bridgehead atoms. The molecule has 1 atom stereocenters. The van der Waals surface area contributed by atoms with E-state index in [0.717, 1.165) is 10.6 Å². The number of benzene rings is 1. The van der Waals surface area contributed by atoms with Crippen molar-refractivity contribution in [3.8, 4) is 0 Å². The van der Waals surface area contributed by atoms with Gasteiger partial charge in [-0.2, -0.15) is 0 Å². The molecule has 1 N–H and O–H groups in total. The van der Waals surface area contributed by atoms with Crippen LogP contribution in [0.2, 0.25) is 15.1 Å². The van der Waals surface area contributed by atoms with E-state index < -0.39 is 0 Å². The smallest absolute Gasteiger partial charge is 0.150 e. The van der Waals surface area contributed by atoms with E-state index in [2.05, 4.69) is 10.3 Å². The zero-order chi connectivity index (χ0) is 15.6. The van der Waals surface area contributed by atoms with Gasteiger partial charge in [0.2, 0.25) is 0 Å². The van der Waals surface area contributed by atoms with Gasteiger partial charge < -0.3 is 10.2 Å². The number of nitrogens with zero attached hydrogens (tertiary/aromatic N) is 2. The lowest BCUT2D eigenvalue weighted by molar-refractivity contribution is 0.729. The number of anilines is 2. The molecule has 2 rings (SSSR count). The summed E-state index contributed by atoms with van der Waals surface area (Å²) in [5.74, 6) is 1.24. The van der Waals surface area contributed by atoms with Crippen LogP contribution in [0.15, 0.2) is 30.3 Å². The van der Waals surface area contributed by atoms with Gasteiger partial charge in [-0.3, -0.25) is 0 Å². The Hall–Kier alpha value is -1.16. The third-order valence-corrected chi connectivity index (χ3v) is 4.33. The summed E-state index contributed by atoms with van der Waals surface area (Å²) in [5.41, 5.74) is 1.01. The summed E-state index contributed by atoms with van der Waals surface area (Å²) >= 11 is 18.6. The highest BCUT2D eigenvalue weighted by Gasteiger charge is 2.19. The fourth-order valence-corrected chi connectivity index (χ4v) is 2.97. The highest BCUT2D eigenvalue weighted by atomic mass is 35.5. The lowest BCUT2D eigenvalue weighted by Crippen LogP contribution is -2.23. The molecule has 2 aromatic rings. The predicted molar refractivity (Wildman–Crippen MR) is 92.1 cm³/mol. The second-order valence-electron chi connectivity index (χ2n) is 4.68. The van der Waals surface area contributed by atoms with Crippen LogP contribution in [0.5, 0.6) is 0 Å². The maximum Gasteiger partial charge on any atom is 0.150 e. The van der Waals surface area contributed by atoms with Crippen molar-refractivity contribution in [1.82, 2.24) is 4.98 Å². The van der Waals surface area contributed by atoms with Gasteiger partial charge in [0.05, 0.1) is 16.1 Å². The molecule has 0 radical (unpaired) electrons. The van der Waals surface area contributed by atoms with Crippen molar-refractivity contribution in [3.05, 3.63) is 51.0 Å². The molecule has 0 saturated carbocycles. The van der Waals surface area contributed by atoms with E-state index in [0.29, 0.717) is 21.7 Å². The summed E-state index contributed by atoms with van der Waals surface area (Å²) in [6, 6.07) is 9.44. The molecular weight excluding hydrogens is 329 g/mol. The minimum absolute atomic E-state index is 0.0228. The molecule has 0 aliphatic rings. The van der Waals surface area contributed by atoms with Gasteiger partial charge in [-0.05, 0) is 24.6 Å². The van der Waals surface area contributed by atoms with E-state index in [9.17, 15) is 0 Å². The molecule has 1 aromatic heterocycles. The van der Waals surface area contributed by atoms with E-state index in [1.54, 1.807) is 13.1 Å². The molecule has 0 saturated heterocycles. The molecule has 0 aliphatic carbocycles. The number of hydrogen-bond acceptors (Lipinski definition) is 3. The number of halogens is 3. The van der Waals surface area contributed by atoms with Crippen molar-refractivity contribution in [1.29, 1.82) is 0 Å². The second-order valence-corrected chi connectivity index (χ2v) is 5.90. The first-order valence-corrected chi connectivity index (χ1v) is 7.60. The minimum Gasteiger partial charge on any atom is -0.372 e. The molecule has 1 heterocycles. The summed E-state index contributed by atoms with van der Waals surface area (Å²) < 4.78 is 0. The maximum atomic E-state index is 6.28. The number of rotatable bonds is 4. The molecular formula is C15H16Cl3N3. The molecule has 0 amide bonds. The molecule has 21 heavy (non-hydrogen) atoms. The van der Waals surface area contributed by atoms with Crippen molar-refractivity contribution in [2.45, 2.75) is 13.0 Å². The van der Waals surface area contributed by atoms with Gasteiger partial charge in [-0.1, -0.05) is 53.0 Å². The summed E-state index contributed by atoms with van der Waals surface area (Å²) in [4.78, 5) is 6.45. The fraction of sp³-hybridized carbons (Fsp3) is 0.267. The highest BCUT2D eigenvalue weighted by Crippen LogP contribution is 2.35. The Morgan fingerprint density at radius 3 is 2.38 bits per heavy atom. The standard InChI is InChI=1S/C15H16Cl3N3/c1-9(10-6-4-5-7-11(10)16)21(3)15-13(18)8-12(17)14(19-2)20-15/h4-9H,1-3H3,(H,19,20). The Bertz CT molecular complexity index is 646. The highest BCUT2D eigenvalue weighted by molar-refractivity contribution is 6.37. The largest absolute Gasteiger partial charge is 0.372 e. The third kappa shape index (κ3) is 3.37. The molecule has 1 aromatic carbocycles. The van der Waals surface area contributed by atoms with Crippen LogP contribution in [0.1, 0.15) is 18.5 Å². The van der Waals surface area contributed by atoms with Gasteiger partial charge in [0.15, 0.2) is 0 Å². The first kappa shape index (κ1) is 16.2. The maximum absolute atomic E-state index is 6.28. The monoisotopic (exact) mass is 343 g/mol. The molecule has 1 unspecified atom stereocenters. The molecule has 0 aliphatic heterocycles. The van der Waals surface area contributed by atoms with Crippen molar-refractivity contribution in [2.24, 2.45) is 0 Å². The normalized spacial score (nSPS) is 12.1. The van der Waals surface area contributed by atoms with Crippen LogP contribution in [0.4, 0.5) is 11.6 Å². The predicted octanol–water partition coefficient (Wildman–Crippen LogP) is 5.28. The van der Waals surface area contributed by atoms with E-state index in [4.69, 9.17) is 34.8 Å². The average Bonchev–Trinajstić information content (AvgIpc) is 2.46. The number of pyridine rings is 1. The average molecular weight is 345 g/mol. The van der Waals surface area contributed by atoms with Crippen molar-refractivity contribution in [2.75, 3.05) is 24.3 Å². The fourth-order valence-electron chi connectivity index (χ4n) is 2.09. The van der Waals surface area contributed by atoms with Gasteiger partial charge in [0.1, 0.15) is 11.6 Å². The lowest BCUT2D eigenvalue weighted by atomic mass is 10.1. The van der Waals surface area contributed by atoms with Gasteiger partial charge in [-0.25, -0.2) is 4.98 Å². The van der Waals surface area contributed by atoms with Crippen LogP contribution in [0, 0.1) is 0 Å². The van der Waals surface area contributed by atoms with E-state index in [-0.39, 0.29) is 6.04 Å². The van der Waals surface area contributed by atoms with Crippen molar-refractivity contribution in [3.63, 3.8) is 0 Å². The van der Waals surface area contributed by atoms with E-state index in [1.165, 1.54) is 0 Å². The van der Waals surface area contributed by atoms with Crippen LogP contribution in [-0.2, 0) is 0 Å². The van der Waals surface area contributed by atoms with Crippen LogP contribution in [-0.4, -0.2) is 19.1 Å². The van der Waals surface area contributed by atoms with Gasteiger partial charge >= 0.3 is 0 Å². The quantitative estimate of drug-likeness (QED) is 0.817. The second kappa shape index (κ2) is 6.73. The first-order valence-electron chi connectivity index (χ1n) is 6.46. The van der Waals surface area contributed by atoms with E-state index >= 15 is 0 Å². The van der Waals surface area contributed by atoms with Crippen LogP contribution in [0.3, 0.4) is 0 Å². The Labute approximate surface area is 139 Å². The van der Waals surface area contributed by atoms with Crippen LogP contribution in [0.25, 0.3) is 0 Å². The molecule has 0 spiro atoms. The topological polar surface area (TPSA) is 28.2 Å². The Morgan fingerprint density at radius 2 is 1.76 bits per heavy atom. The summed E-state index contributed by atoms with van der Waals surface area (Å²) in [7, 11) is 3.69. The summed E-state index contributed by atoms with van der Waals surface area (Å²) in [6.45, 7) is 2.05. The van der Waals surface area contributed by atoms with Crippen molar-refractivity contribution < 1.29 is 0 Å². The Morgan fingerprint density at radius 1 is 1.10 bits per heavy atom. The molecule has 0 fully saturated rings. The van der Waals surface area contributed by atoms with E-state index in [1.807, 2.05) is 43.1 Å². The lowest BCUT2D eigenvalue weighted by Gasteiger charge is -2.28. The third-order valence-electron chi connectivity index (χ3n) is 3.42. The zero-order valence-corrected chi connectivity index (χ0v) is 14.3. The molecule has 3 nitrogen and oxygen atoms in total. The van der Waals surface area contributed by atoms with Crippen molar-refractivity contribution >= 4 is 46.4 Å². The number of aromatic nitrogens is 1. The zero-order valence-electron chi connectivity index (χ0n) is 12.0. The SMILES string of the molecule is CNc1nc(N(C)C(C)c2ccccc2Cl)c(Cl)cc1Cl. The van der Waals surface area contributed by atoms with Crippen LogP contribution >= 0.6 is 34.8 Å². The summed E-state index contributed by atoms with van der Waals surface area (Å²) in [6.07, 6.45) is 0. The first-order chi connectivity index (χ1) is 9.95.